The van der Waals surface area contributed by atoms with Crippen LogP contribution in [-0.2, 0) is 4.79 Å². The lowest BCUT2D eigenvalue weighted by Crippen LogP contribution is -2.35. The molecule has 4 rings (SSSR count). The summed E-state index contributed by atoms with van der Waals surface area (Å²) < 4.78 is 5.22. The molecule has 1 spiro atoms. The van der Waals surface area contributed by atoms with E-state index >= 15 is 0 Å². The van der Waals surface area contributed by atoms with E-state index in [9.17, 15) is 4.79 Å². The number of carbonyl (C=O) groups excluding carboxylic acids is 1. The molecule has 0 radical (unpaired) electrons. The largest absolute Gasteiger partial charge is 0.497 e. The lowest BCUT2D eigenvalue weighted by molar-refractivity contribution is -0.132. The van der Waals surface area contributed by atoms with E-state index in [0.717, 1.165) is 44.8 Å². The minimum absolute atomic E-state index is 0. The van der Waals surface area contributed by atoms with E-state index in [0.29, 0.717) is 23.2 Å². The van der Waals surface area contributed by atoms with Gasteiger partial charge in [0.05, 0.1) is 7.11 Å². The molecular formula is C19H27ClN2O2. The van der Waals surface area contributed by atoms with Crippen LogP contribution in [0.5, 0.6) is 5.75 Å². The van der Waals surface area contributed by atoms with Gasteiger partial charge in [0, 0.05) is 24.9 Å². The highest BCUT2D eigenvalue weighted by molar-refractivity contribution is 5.85. The van der Waals surface area contributed by atoms with Crippen LogP contribution >= 0.6 is 12.4 Å². The molecule has 3 fully saturated rings. The smallest absolute Gasteiger partial charge is 0.226 e. The molecule has 1 amide bonds. The SMILES string of the molecule is COc1ccc(C2CCN(C(=O)C3CC34CCNCC4)C2)cc1.Cl. The minimum atomic E-state index is 0. The van der Waals surface area contributed by atoms with Gasteiger partial charge in [-0.3, -0.25) is 4.79 Å². The van der Waals surface area contributed by atoms with Gasteiger partial charge in [0.2, 0.25) is 5.91 Å². The monoisotopic (exact) mass is 350 g/mol. The summed E-state index contributed by atoms with van der Waals surface area (Å²) in [5.74, 6) is 2.10. The van der Waals surface area contributed by atoms with Gasteiger partial charge in [0.25, 0.3) is 0 Å². The zero-order valence-electron chi connectivity index (χ0n) is 14.3. The number of halogens is 1. The number of hydrogen-bond donors (Lipinski definition) is 1. The van der Waals surface area contributed by atoms with Crippen molar-refractivity contribution in [3.05, 3.63) is 29.8 Å². The van der Waals surface area contributed by atoms with Gasteiger partial charge in [-0.15, -0.1) is 12.4 Å². The van der Waals surface area contributed by atoms with Crippen LogP contribution in [0.2, 0.25) is 0 Å². The number of methoxy groups -OCH3 is 1. The number of hydrogen-bond acceptors (Lipinski definition) is 3. The van der Waals surface area contributed by atoms with Crippen molar-refractivity contribution in [3.8, 4) is 5.75 Å². The number of nitrogens with zero attached hydrogens (tertiary/aromatic N) is 1. The predicted molar refractivity (Wildman–Crippen MR) is 96.8 cm³/mol. The minimum Gasteiger partial charge on any atom is -0.497 e. The van der Waals surface area contributed by atoms with Crippen molar-refractivity contribution in [2.45, 2.75) is 31.6 Å². The summed E-state index contributed by atoms with van der Waals surface area (Å²) in [5.41, 5.74) is 1.68. The van der Waals surface area contributed by atoms with Crippen LogP contribution < -0.4 is 10.1 Å². The van der Waals surface area contributed by atoms with Crippen molar-refractivity contribution in [2.24, 2.45) is 11.3 Å². The average Bonchev–Trinajstić information content (AvgIpc) is 3.07. The van der Waals surface area contributed by atoms with Gasteiger partial charge in [-0.1, -0.05) is 12.1 Å². The number of likely N-dealkylation sites (tertiary alicyclic amines) is 1. The first-order valence-electron chi connectivity index (χ1n) is 8.85. The maximum Gasteiger partial charge on any atom is 0.226 e. The molecule has 3 aliphatic rings. The fraction of sp³-hybridized carbons (Fsp3) is 0.632. The molecule has 24 heavy (non-hydrogen) atoms. The number of rotatable bonds is 3. The Morgan fingerprint density at radius 3 is 2.62 bits per heavy atom. The molecule has 2 atom stereocenters. The molecule has 2 saturated heterocycles. The number of nitrogens with one attached hydrogen (secondary N) is 1. The quantitative estimate of drug-likeness (QED) is 0.911. The molecule has 0 bridgehead atoms. The second-order valence-corrected chi connectivity index (χ2v) is 7.41. The standard InChI is InChI=1S/C19H26N2O2.ClH/c1-23-16-4-2-14(3-5-16)15-6-11-21(13-15)18(22)17-12-19(17)7-9-20-10-8-19;/h2-5,15,17,20H,6-13H2,1H3;1H. The highest BCUT2D eigenvalue weighted by atomic mass is 35.5. The van der Waals surface area contributed by atoms with Crippen LogP contribution in [-0.4, -0.2) is 44.1 Å². The van der Waals surface area contributed by atoms with E-state index < -0.39 is 0 Å². The second kappa shape index (κ2) is 6.93. The first-order chi connectivity index (χ1) is 11.2. The van der Waals surface area contributed by atoms with Gasteiger partial charge in [0.15, 0.2) is 0 Å². The zero-order chi connectivity index (χ0) is 15.9. The van der Waals surface area contributed by atoms with Gasteiger partial charge < -0.3 is 15.0 Å². The summed E-state index contributed by atoms with van der Waals surface area (Å²) in [7, 11) is 1.69. The fourth-order valence-corrected chi connectivity index (χ4v) is 4.50. The Morgan fingerprint density at radius 1 is 1.25 bits per heavy atom. The Balaban J connectivity index is 0.00000169. The molecule has 132 valence electrons. The zero-order valence-corrected chi connectivity index (χ0v) is 15.1. The first kappa shape index (κ1) is 17.6. The molecule has 5 heteroatoms. The molecule has 1 aliphatic carbocycles. The second-order valence-electron chi connectivity index (χ2n) is 7.41. The third-order valence-corrected chi connectivity index (χ3v) is 6.17. The van der Waals surface area contributed by atoms with Crippen LogP contribution in [0.15, 0.2) is 24.3 Å². The van der Waals surface area contributed by atoms with E-state index in [1.165, 1.54) is 18.4 Å². The summed E-state index contributed by atoms with van der Waals surface area (Å²) in [6.45, 7) is 3.97. The van der Waals surface area contributed by atoms with E-state index in [1.54, 1.807) is 7.11 Å². The predicted octanol–water partition coefficient (Wildman–Crippen LogP) is 2.82. The Morgan fingerprint density at radius 2 is 1.96 bits per heavy atom. The van der Waals surface area contributed by atoms with Crippen LogP contribution in [0, 0.1) is 11.3 Å². The third kappa shape index (κ3) is 3.14. The van der Waals surface area contributed by atoms with Crippen molar-refractivity contribution in [2.75, 3.05) is 33.3 Å². The normalized spacial score (nSPS) is 27.6. The summed E-state index contributed by atoms with van der Waals surface area (Å²) >= 11 is 0. The van der Waals surface area contributed by atoms with Gasteiger partial charge in [0.1, 0.15) is 5.75 Å². The van der Waals surface area contributed by atoms with Gasteiger partial charge in [-0.05, 0) is 61.9 Å². The molecule has 2 unspecified atom stereocenters. The molecule has 1 aromatic carbocycles. The summed E-state index contributed by atoms with van der Waals surface area (Å²) in [6, 6.07) is 8.32. The fourth-order valence-electron chi connectivity index (χ4n) is 4.50. The van der Waals surface area contributed by atoms with Crippen LogP contribution in [0.4, 0.5) is 0 Å². The number of piperidine rings is 1. The van der Waals surface area contributed by atoms with Crippen LogP contribution in [0.1, 0.15) is 37.2 Å². The number of benzene rings is 1. The van der Waals surface area contributed by atoms with Gasteiger partial charge >= 0.3 is 0 Å². The maximum absolute atomic E-state index is 12.8. The summed E-state index contributed by atoms with van der Waals surface area (Å²) in [5, 5.41) is 3.41. The highest BCUT2D eigenvalue weighted by Crippen LogP contribution is 2.59. The molecule has 0 aromatic heterocycles. The van der Waals surface area contributed by atoms with Crippen LogP contribution in [0.3, 0.4) is 0 Å². The van der Waals surface area contributed by atoms with Gasteiger partial charge in [-0.25, -0.2) is 0 Å². The molecule has 2 aliphatic heterocycles. The van der Waals surface area contributed by atoms with Crippen molar-refractivity contribution < 1.29 is 9.53 Å². The Bertz CT molecular complexity index is 584. The van der Waals surface area contributed by atoms with E-state index in [4.69, 9.17) is 4.74 Å². The number of carbonyl (C=O) groups is 1. The van der Waals surface area contributed by atoms with E-state index in [2.05, 4.69) is 22.3 Å². The van der Waals surface area contributed by atoms with Gasteiger partial charge in [-0.2, -0.15) is 0 Å². The average molecular weight is 351 g/mol. The third-order valence-electron chi connectivity index (χ3n) is 6.17. The lowest BCUT2D eigenvalue weighted by atomic mass is 9.91. The lowest BCUT2D eigenvalue weighted by Gasteiger charge is -2.25. The summed E-state index contributed by atoms with van der Waals surface area (Å²) in [6.07, 6.45) is 4.56. The molecule has 1 aromatic rings. The molecule has 4 nitrogen and oxygen atoms in total. The molecule has 1 saturated carbocycles. The van der Waals surface area contributed by atoms with Crippen molar-refractivity contribution in [1.29, 1.82) is 0 Å². The molecule has 2 heterocycles. The molecule has 1 N–H and O–H groups in total. The number of amides is 1. The van der Waals surface area contributed by atoms with E-state index in [-0.39, 0.29) is 12.4 Å². The Hall–Kier alpha value is -1.26. The van der Waals surface area contributed by atoms with Crippen LogP contribution in [0.25, 0.3) is 0 Å². The van der Waals surface area contributed by atoms with Crippen molar-refractivity contribution in [3.63, 3.8) is 0 Å². The molecular weight excluding hydrogens is 324 g/mol. The Kier molecular flexibility index (Phi) is 5.07. The van der Waals surface area contributed by atoms with E-state index in [1.807, 2.05) is 12.1 Å². The Labute approximate surface area is 150 Å². The van der Waals surface area contributed by atoms with Crippen molar-refractivity contribution >= 4 is 18.3 Å². The maximum atomic E-state index is 12.8. The summed E-state index contributed by atoms with van der Waals surface area (Å²) in [4.78, 5) is 15.0. The van der Waals surface area contributed by atoms with Crippen molar-refractivity contribution in [1.82, 2.24) is 10.2 Å². The topological polar surface area (TPSA) is 41.6 Å². The highest BCUT2D eigenvalue weighted by Gasteiger charge is 2.58. The first-order valence-corrected chi connectivity index (χ1v) is 8.85. The number of ether oxygens (including phenoxy) is 1.